The molecular formula is C8H10ClNO3. The summed E-state index contributed by atoms with van der Waals surface area (Å²) in [4.78, 5) is 3.98. The molecule has 0 atom stereocenters. The number of methoxy groups -OCH3 is 3. The number of aromatic nitrogens is 1. The third-order valence-electron chi connectivity index (χ3n) is 1.48. The van der Waals surface area contributed by atoms with E-state index in [4.69, 9.17) is 25.8 Å². The van der Waals surface area contributed by atoms with Crippen LogP contribution < -0.4 is 14.2 Å². The molecule has 5 heteroatoms. The zero-order valence-corrected chi connectivity index (χ0v) is 8.38. The van der Waals surface area contributed by atoms with Gasteiger partial charge in [0.2, 0.25) is 5.88 Å². The fourth-order valence-corrected chi connectivity index (χ4v) is 1.09. The van der Waals surface area contributed by atoms with Crippen LogP contribution >= 0.6 is 11.6 Å². The van der Waals surface area contributed by atoms with Crippen LogP contribution in [-0.4, -0.2) is 26.3 Å². The fourth-order valence-electron chi connectivity index (χ4n) is 0.875. The minimum absolute atomic E-state index is 0.319. The molecule has 0 saturated carbocycles. The van der Waals surface area contributed by atoms with Crippen molar-refractivity contribution < 1.29 is 14.2 Å². The average Bonchev–Trinajstić information content (AvgIpc) is 2.17. The number of hydrogen-bond donors (Lipinski definition) is 0. The van der Waals surface area contributed by atoms with Gasteiger partial charge in [0.15, 0.2) is 5.75 Å². The highest BCUT2D eigenvalue weighted by atomic mass is 35.5. The molecule has 1 aromatic heterocycles. The molecule has 0 unspecified atom stereocenters. The Hall–Kier alpha value is -1.16. The molecular weight excluding hydrogens is 194 g/mol. The van der Waals surface area contributed by atoms with E-state index >= 15 is 0 Å². The fraction of sp³-hybridized carbons (Fsp3) is 0.375. The molecule has 0 spiro atoms. The number of nitrogens with zero attached hydrogens (tertiary/aromatic N) is 1. The van der Waals surface area contributed by atoms with Crippen LogP contribution in [0.4, 0.5) is 0 Å². The molecule has 13 heavy (non-hydrogen) atoms. The second kappa shape index (κ2) is 4.18. The summed E-state index contributed by atoms with van der Waals surface area (Å²) in [5.74, 6) is 1.15. The summed E-state index contributed by atoms with van der Waals surface area (Å²) < 4.78 is 14.9. The third-order valence-corrected chi connectivity index (χ3v) is 1.75. The summed E-state index contributed by atoms with van der Waals surface area (Å²) in [5, 5.41) is 0.389. The predicted molar refractivity (Wildman–Crippen MR) is 48.9 cm³/mol. The molecule has 0 aliphatic rings. The SMILES string of the molecule is COc1cc(Cl)c(OC)nc1OC. The van der Waals surface area contributed by atoms with Gasteiger partial charge in [-0.25, -0.2) is 0 Å². The monoisotopic (exact) mass is 203 g/mol. The zero-order valence-electron chi connectivity index (χ0n) is 7.63. The topological polar surface area (TPSA) is 40.6 Å². The van der Waals surface area contributed by atoms with E-state index in [9.17, 15) is 0 Å². The standard InChI is InChI=1S/C8H10ClNO3/c1-11-6-4-5(9)7(12-2)10-8(6)13-3/h4H,1-3H3. The normalized spacial score (nSPS) is 9.54. The number of halogens is 1. The molecule has 4 nitrogen and oxygen atoms in total. The van der Waals surface area contributed by atoms with Crippen molar-refractivity contribution in [3.63, 3.8) is 0 Å². The van der Waals surface area contributed by atoms with E-state index in [0.29, 0.717) is 22.5 Å². The minimum Gasteiger partial charge on any atom is -0.491 e. The first-order valence-corrected chi connectivity index (χ1v) is 3.93. The van der Waals surface area contributed by atoms with E-state index in [2.05, 4.69) is 4.98 Å². The van der Waals surface area contributed by atoms with Gasteiger partial charge in [-0.2, -0.15) is 4.98 Å². The van der Waals surface area contributed by atoms with Crippen LogP contribution in [0.25, 0.3) is 0 Å². The van der Waals surface area contributed by atoms with Crippen molar-refractivity contribution in [1.29, 1.82) is 0 Å². The van der Waals surface area contributed by atoms with E-state index in [1.54, 1.807) is 6.07 Å². The van der Waals surface area contributed by atoms with Crippen molar-refractivity contribution in [3.8, 4) is 17.5 Å². The van der Waals surface area contributed by atoms with Crippen LogP contribution in [0.15, 0.2) is 6.07 Å². The highest BCUT2D eigenvalue weighted by molar-refractivity contribution is 6.32. The van der Waals surface area contributed by atoms with Crippen molar-refractivity contribution in [1.82, 2.24) is 4.98 Å². The predicted octanol–water partition coefficient (Wildman–Crippen LogP) is 1.76. The number of hydrogen-bond acceptors (Lipinski definition) is 4. The molecule has 0 radical (unpaired) electrons. The third kappa shape index (κ3) is 1.95. The van der Waals surface area contributed by atoms with Gasteiger partial charge < -0.3 is 14.2 Å². The summed E-state index contributed by atoms with van der Waals surface area (Å²) in [6.07, 6.45) is 0. The number of pyridine rings is 1. The van der Waals surface area contributed by atoms with E-state index in [1.807, 2.05) is 0 Å². The van der Waals surface area contributed by atoms with Crippen molar-refractivity contribution in [3.05, 3.63) is 11.1 Å². The quantitative estimate of drug-likeness (QED) is 0.751. The molecule has 0 bridgehead atoms. The minimum atomic E-state index is 0.319. The highest BCUT2D eigenvalue weighted by Crippen LogP contribution is 2.33. The van der Waals surface area contributed by atoms with Crippen LogP contribution in [0, 0.1) is 0 Å². The molecule has 0 amide bonds. The van der Waals surface area contributed by atoms with Crippen LogP contribution in [-0.2, 0) is 0 Å². The average molecular weight is 204 g/mol. The molecule has 0 fully saturated rings. The molecule has 0 aliphatic carbocycles. The summed E-state index contributed by atoms with van der Waals surface area (Å²) in [6.45, 7) is 0. The van der Waals surface area contributed by atoms with Gasteiger partial charge in [0.05, 0.1) is 21.3 Å². The molecule has 1 rings (SSSR count). The lowest BCUT2D eigenvalue weighted by Gasteiger charge is -2.08. The molecule has 1 heterocycles. The molecule has 1 aromatic rings. The zero-order chi connectivity index (χ0) is 9.84. The first kappa shape index (κ1) is 9.92. The Morgan fingerprint density at radius 3 is 2.15 bits per heavy atom. The van der Waals surface area contributed by atoms with Crippen molar-refractivity contribution in [2.75, 3.05) is 21.3 Å². The second-order valence-electron chi connectivity index (χ2n) is 2.19. The Morgan fingerprint density at radius 1 is 1.08 bits per heavy atom. The van der Waals surface area contributed by atoms with Crippen molar-refractivity contribution >= 4 is 11.6 Å². The molecule has 0 saturated heterocycles. The Labute approximate surface area is 81.4 Å². The maximum atomic E-state index is 5.81. The van der Waals surface area contributed by atoms with Crippen molar-refractivity contribution in [2.45, 2.75) is 0 Å². The molecule has 0 aromatic carbocycles. The van der Waals surface area contributed by atoms with E-state index < -0.39 is 0 Å². The summed E-state index contributed by atoms with van der Waals surface area (Å²) in [5.41, 5.74) is 0. The Balaban J connectivity index is 3.18. The van der Waals surface area contributed by atoms with Crippen molar-refractivity contribution in [2.24, 2.45) is 0 Å². The first-order valence-electron chi connectivity index (χ1n) is 3.55. The largest absolute Gasteiger partial charge is 0.491 e. The van der Waals surface area contributed by atoms with Crippen LogP contribution in [0.1, 0.15) is 0 Å². The number of ether oxygens (including phenoxy) is 3. The van der Waals surface area contributed by atoms with Gasteiger partial charge in [-0.3, -0.25) is 0 Å². The van der Waals surface area contributed by atoms with E-state index in [-0.39, 0.29) is 0 Å². The van der Waals surface area contributed by atoms with Crippen LogP contribution in [0.3, 0.4) is 0 Å². The number of rotatable bonds is 3. The molecule has 72 valence electrons. The summed E-state index contributed by atoms with van der Waals surface area (Å²) in [6, 6.07) is 1.59. The lowest BCUT2D eigenvalue weighted by Crippen LogP contribution is -1.96. The van der Waals surface area contributed by atoms with Gasteiger partial charge in [-0.1, -0.05) is 11.6 Å². The lowest BCUT2D eigenvalue weighted by atomic mass is 10.4. The van der Waals surface area contributed by atoms with Gasteiger partial charge >= 0.3 is 0 Å². The van der Waals surface area contributed by atoms with Gasteiger partial charge in [0.1, 0.15) is 5.02 Å². The van der Waals surface area contributed by atoms with Gasteiger partial charge in [-0.15, -0.1) is 0 Å². The Morgan fingerprint density at radius 2 is 1.69 bits per heavy atom. The second-order valence-corrected chi connectivity index (χ2v) is 2.60. The summed E-state index contributed by atoms with van der Waals surface area (Å²) in [7, 11) is 4.50. The van der Waals surface area contributed by atoms with E-state index in [1.165, 1.54) is 21.3 Å². The van der Waals surface area contributed by atoms with Crippen LogP contribution in [0.2, 0.25) is 5.02 Å². The van der Waals surface area contributed by atoms with Gasteiger partial charge in [0, 0.05) is 6.07 Å². The summed E-state index contributed by atoms with van der Waals surface area (Å²) >= 11 is 5.81. The highest BCUT2D eigenvalue weighted by Gasteiger charge is 2.11. The van der Waals surface area contributed by atoms with E-state index in [0.717, 1.165) is 0 Å². The van der Waals surface area contributed by atoms with Crippen LogP contribution in [0.5, 0.6) is 17.5 Å². The molecule has 0 aliphatic heterocycles. The van der Waals surface area contributed by atoms with Gasteiger partial charge in [-0.05, 0) is 0 Å². The lowest BCUT2D eigenvalue weighted by molar-refractivity contribution is 0.329. The smallest absolute Gasteiger partial charge is 0.260 e. The maximum Gasteiger partial charge on any atom is 0.260 e. The Bertz CT molecular complexity index is 304. The maximum absolute atomic E-state index is 5.81. The first-order chi connectivity index (χ1) is 6.22. The van der Waals surface area contributed by atoms with Gasteiger partial charge in [0.25, 0.3) is 5.88 Å². The molecule has 0 N–H and O–H groups in total. The Kier molecular flexibility index (Phi) is 3.19.